The zero-order valence-corrected chi connectivity index (χ0v) is 12.0. The summed E-state index contributed by atoms with van der Waals surface area (Å²) in [5, 5.41) is 15.6. The van der Waals surface area contributed by atoms with Crippen LogP contribution in [0, 0.1) is 0 Å². The van der Waals surface area contributed by atoms with Gasteiger partial charge < -0.3 is 20.5 Å². The lowest BCUT2D eigenvalue weighted by atomic mass is 10.0. The van der Waals surface area contributed by atoms with E-state index in [0.717, 1.165) is 18.0 Å². The van der Waals surface area contributed by atoms with E-state index in [-0.39, 0.29) is 11.8 Å². The SMILES string of the molecule is CCC(NCC(C)O)C(=O)c1ccc2c(c1)NCCO2. The quantitative estimate of drug-likeness (QED) is 0.687. The molecule has 20 heavy (non-hydrogen) atoms. The third-order valence-corrected chi connectivity index (χ3v) is 3.32. The number of nitrogens with one attached hydrogen (secondary N) is 2. The smallest absolute Gasteiger partial charge is 0.179 e. The second-order valence-electron chi connectivity index (χ2n) is 5.07. The highest BCUT2D eigenvalue weighted by Gasteiger charge is 2.20. The van der Waals surface area contributed by atoms with Crippen molar-refractivity contribution in [1.29, 1.82) is 0 Å². The fraction of sp³-hybridized carbons (Fsp3) is 0.533. The molecule has 0 saturated carbocycles. The Balaban J connectivity index is 2.10. The molecule has 1 aromatic rings. The highest BCUT2D eigenvalue weighted by atomic mass is 16.5. The zero-order chi connectivity index (χ0) is 14.5. The maximum atomic E-state index is 12.5. The van der Waals surface area contributed by atoms with E-state index in [1.807, 2.05) is 19.1 Å². The average Bonchev–Trinajstić information content (AvgIpc) is 2.47. The lowest BCUT2D eigenvalue weighted by Gasteiger charge is -2.21. The third kappa shape index (κ3) is 3.49. The first-order chi connectivity index (χ1) is 9.61. The lowest BCUT2D eigenvalue weighted by molar-refractivity contribution is 0.0929. The monoisotopic (exact) mass is 278 g/mol. The molecule has 1 aliphatic rings. The van der Waals surface area contributed by atoms with Crippen molar-refractivity contribution in [3.63, 3.8) is 0 Å². The number of Topliss-reactive ketones (excluding diaryl/α,β-unsaturated/α-hetero) is 1. The number of hydrogen-bond donors (Lipinski definition) is 3. The summed E-state index contributed by atoms with van der Waals surface area (Å²) >= 11 is 0. The van der Waals surface area contributed by atoms with Gasteiger partial charge in [-0.15, -0.1) is 0 Å². The van der Waals surface area contributed by atoms with Crippen LogP contribution >= 0.6 is 0 Å². The van der Waals surface area contributed by atoms with E-state index in [1.165, 1.54) is 0 Å². The fourth-order valence-electron chi connectivity index (χ4n) is 2.23. The molecule has 0 aliphatic carbocycles. The van der Waals surface area contributed by atoms with Gasteiger partial charge in [0.25, 0.3) is 0 Å². The van der Waals surface area contributed by atoms with Gasteiger partial charge in [0.15, 0.2) is 5.78 Å². The van der Waals surface area contributed by atoms with E-state index in [4.69, 9.17) is 4.74 Å². The van der Waals surface area contributed by atoms with Crippen molar-refractivity contribution in [2.45, 2.75) is 32.4 Å². The molecule has 1 aromatic carbocycles. The van der Waals surface area contributed by atoms with Gasteiger partial charge in [-0.3, -0.25) is 4.79 Å². The number of carbonyl (C=O) groups is 1. The maximum Gasteiger partial charge on any atom is 0.179 e. The molecule has 0 saturated heterocycles. The molecule has 0 bridgehead atoms. The predicted octanol–water partition coefficient (Wildman–Crippen LogP) is 1.42. The van der Waals surface area contributed by atoms with Crippen molar-refractivity contribution >= 4 is 11.5 Å². The van der Waals surface area contributed by atoms with Crippen LogP contribution in [-0.2, 0) is 0 Å². The number of fused-ring (bicyclic) bond motifs is 1. The molecule has 2 rings (SSSR count). The lowest BCUT2D eigenvalue weighted by Crippen LogP contribution is -2.40. The number of benzene rings is 1. The number of hydrogen-bond acceptors (Lipinski definition) is 5. The van der Waals surface area contributed by atoms with Crippen LogP contribution in [-0.4, -0.2) is 42.7 Å². The molecule has 3 N–H and O–H groups in total. The summed E-state index contributed by atoms with van der Waals surface area (Å²) in [4.78, 5) is 12.5. The Morgan fingerprint density at radius 3 is 3.05 bits per heavy atom. The van der Waals surface area contributed by atoms with Crippen LogP contribution in [0.4, 0.5) is 5.69 Å². The summed E-state index contributed by atoms with van der Waals surface area (Å²) in [6.45, 7) is 5.47. The molecule has 0 amide bonds. The second-order valence-corrected chi connectivity index (χ2v) is 5.07. The minimum atomic E-state index is -0.463. The molecule has 0 fully saturated rings. The molecule has 1 heterocycles. The molecule has 5 nitrogen and oxygen atoms in total. The maximum absolute atomic E-state index is 12.5. The van der Waals surface area contributed by atoms with Crippen LogP contribution < -0.4 is 15.4 Å². The van der Waals surface area contributed by atoms with E-state index in [9.17, 15) is 9.90 Å². The van der Waals surface area contributed by atoms with Gasteiger partial charge in [0.2, 0.25) is 0 Å². The molecule has 2 unspecified atom stereocenters. The van der Waals surface area contributed by atoms with E-state index < -0.39 is 6.10 Å². The van der Waals surface area contributed by atoms with Gasteiger partial charge in [-0.25, -0.2) is 0 Å². The molecule has 0 spiro atoms. The number of anilines is 1. The van der Waals surface area contributed by atoms with Crippen LogP contribution in [0.25, 0.3) is 0 Å². The van der Waals surface area contributed by atoms with Crippen molar-refractivity contribution in [3.05, 3.63) is 23.8 Å². The van der Waals surface area contributed by atoms with Gasteiger partial charge >= 0.3 is 0 Å². The van der Waals surface area contributed by atoms with Crippen LogP contribution in [0.1, 0.15) is 30.6 Å². The van der Waals surface area contributed by atoms with E-state index in [1.54, 1.807) is 13.0 Å². The Bertz CT molecular complexity index is 474. The molecule has 1 aliphatic heterocycles. The Hall–Kier alpha value is -1.59. The topological polar surface area (TPSA) is 70.6 Å². The summed E-state index contributed by atoms with van der Waals surface area (Å²) in [5.74, 6) is 0.834. The van der Waals surface area contributed by atoms with Crippen molar-refractivity contribution < 1.29 is 14.6 Å². The standard InChI is InChI=1S/C15H22N2O3/c1-3-12(17-9-10(2)18)15(19)11-4-5-14-13(8-11)16-6-7-20-14/h4-5,8,10,12,16-18H,3,6-7,9H2,1-2H3. The van der Waals surface area contributed by atoms with Crippen LogP contribution in [0.15, 0.2) is 18.2 Å². The summed E-state index contributed by atoms with van der Waals surface area (Å²) in [6, 6.07) is 5.19. The molecule has 2 atom stereocenters. The molecular weight excluding hydrogens is 256 g/mol. The Kier molecular flexibility index (Phi) is 4.98. The van der Waals surface area contributed by atoms with E-state index in [0.29, 0.717) is 25.1 Å². The number of aliphatic hydroxyl groups excluding tert-OH is 1. The Labute approximate surface area is 119 Å². The van der Waals surface area contributed by atoms with Gasteiger partial charge in [0, 0.05) is 18.7 Å². The molecule has 0 aromatic heterocycles. The largest absolute Gasteiger partial charge is 0.490 e. The Morgan fingerprint density at radius 1 is 1.55 bits per heavy atom. The van der Waals surface area contributed by atoms with E-state index in [2.05, 4.69) is 10.6 Å². The van der Waals surface area contributed by atoms with E-state index >= 15 is 0 Å². The normalized spacial score (nSPS) is 16.6. The Morgan fingerprint density at radius 2 is 2.35 bits per heavy atom. The van der Waals surface area contributed by atoms with Gasteiger partial charge in [-0.2, -0.15) is 0 Å². The average molecular weight is 278 g/mol. The van der Waals surface area contributed by atoms with Gasteiger partial charge in [0.1, 0.15) is 12.4 Å². The number of aliphatic hydroxyl groups is 1. The van der Waals surface area contributed by atoms with Gasteiger partial charge in [0.05, 0.1) is 17.8 Å². The highest BCUT2D eigenvalue weighted by molar-refractivity contribution is 6.01. The van der Waals surface area contributed by atoms with Crippen molar-refractivity contribution in [3.8, 4) is 5.75 Å². The molecular formula is C15H22N2O3. The van der Waals surface area contributed by atoms with Crippen LogP contribution in [0.2, 0.25) is 0 Å². The first kappa shape index (κ1) is 14.8. The first-order valence-corrected chi connectivity index (χ1v) is 7.08. The van der Waals surface area contributed by atoms with Crippen molar-refractivity contribution in [2.24, 2.45) is 0 Å². The van der Waals surface area contributed by atoms with Crippen molar-refractivity contribution in [2.75, 3.05) is 25.0 Å². The summed E-state index contributed by atoms with van der Waals surface area (Å²) in [7, 11) is 0. The summed E-state index contributed by atoms with van der Waals surface area (Å²) < 4.78 is 5.50. The number of ether oxygens (including phenoxy) is 1. The summed E-state index contributed by atoms with van der Waals surface area (Å²) in [6.07, 6.45) is 0.225. The second kappa shape index (κ2) is 6.72. The van der Waals surface area contributed by atoms with Gasteiger partial charge in [-0.1, -0.05) is 6.92 Å². The number of rotatable bonds is 6. The zero-order valence-electron chi connectivity index (χ0n) is 12.0. The number of carbonyl (C=O) groups excluding carboxylic acids is 1. The van der Waals surface area contributed by atoms with Gasteiger partial charge in [-0.05, 0) is 31.5 Å². The summed E-state index contributed by atoms with van der Waals surface area (Å²) in [5.41, 5.74) is 1.53. The molecule has 5 heteroatoms. The molecule has 0 radical (unpaired) electrons. The number of ketones is 1. The van der Waals surface area contributed by atoms with Crippen LogP contribution in [0.5, 0.6) is 5.75 Å². The van der Waals surface area contributed by atoms with Crippen LogP contribution in [0.3, 0.4) is 0 Å². The van der Waals surface area contributed by atoms with Crippen molar-refractivity contribution in [1.82, 2.24) is 5.32 Å². The third-order valence-electron chi connectivity index (χ3n) is 3.32. The minimum Gasteiger partial charge on any atom is -0.490 e. The first-order valence-electron chi connectivity index (χ1n) is 7.08. The molecule has 110 valence electrons. The minimum absolute atomic E-state index is 0.0447. The highest BCUT2D eigenvalue weighted by Crippen LogP contribution is 2.28. The predicted molar refractivity (Wildman–Crippen MR) is 78.5 cm³/mol. The fourth-order valence-corrected chi connectivity index (χ4v) is 2.23.